The molecular weight excluding hydrogens is 522 g/mol. The lowest BCUT2D eigenvalue weighted by Gasteiger charge is -2.51. The van der Waals surface area contributed by atoms with Gasteiger partial charge in [-0.1, -0.05) is 68.8 Å². The fourth-order valence-corrected chi connectivity index (χ4v) is 7.59. The first-order chi connectivity index (χ1) is 19.5. The van der Waals surface area contributed by atoms with Crippen molar-refractivity contribution in [1.82, 2.24) is 0 Å². The topological polar surface area (TPSA) is 110 Å². The lowest BCUT2D eigenvalue weighted by Crippen LogP contribution is -2.58. The third-order valence-corrected chi connectivity index (χ3v) is 9.78. The molecule has 10 atom stereocenters. The first kappa shape index (κ1) is 30.5. The van der Waals surface area contributed by atoms with Crippen LogP contribution in [0.15, 0.2) is 52.3 Å². The summed E-state index contributed by atoms with van der Waals surface area (Å²) in [4.78, 5) is 0. The van der Waals surface area contributed by atoms with Crippen LogP contribution in [0, 0.1) is 23.7 Å². The summed E-state index contributed by atoms with van der Waals surface area (Å²) in [6.07, 6.45) is 12.2. The van der Waals surface area contributed by atoms with Crippen LogP contribution >= 0.6 is 0 Å². The Balaban J connectivity index is 1.54. The summed E-state index contributed by atoms with van der Waals surface area (Å²) in [5.41, 5.74) is 0.925. The number of ether oxygens (including phenoxy) is 4. The molecule has 5 aliphatic rings. The molecule has 3 saturated heterocycles. The number of aliphatic hydroxyl groups is 2. The molecule has 0 aromatic carbocycles. The Hall–Kier alpha value is -1.97. The van der Waals surface area contributed by atoms with Gasteiger partial charge in [-0.05, 0) is 62.0 Å². The van der Waals surface area contributed by atoms with E-state index in [9.17, 15) is 15.4 Å². The normalized spacial score (nSPS) is 48.0. The van der Waals surface area contributed by atoms with Gasteiger partial charge in [0.1, 0.15) is 23.9 Å². The third kappa shape index (κ3) is 5.96. The highest BCUT2D eigenvalue weighted by Gasteiger charge is 2.59. The fraction of sp³-hybridized carbons (Fsp3) is 0.727. The number of fused-ring (bicyclic) bond motifs is 2. The van der Waals surface area contributed by atoms with E-state index in [0.29, 0.717) is 35.8 Å². The Morgan fingerprint density at radius 2 is 1.90 bits per heavy atom. The first-order valence-electron chi connectivity index (χ1n) is 15.4. The Bertz CT molecular complexity index is 1120. The highest BCUT2D eigenvalue weighted by Crippen LogP contribution is 2.48. The largest absolute Gasteiger partial charge is 0.475 e. The number of nitrogens with zero attached hydrogens (tertiary/aromatic N) is 1. The zero-order chi connectivity index (χ0) is 29.5. The lowest BCUT2D eigenvalue weighted by molar-refractivity contribution is -0.338. The molecule has 0 aromatic rings. The van der Waals surface area contributed by atoms with Gasteiger partial charge in [0, 0.05) is 19.3 Å². The van der Waals surface area contributed by atoms with Gasteiger partial charge in [-0.3, -0.25) is 0 Å². The van der Waals surface area contributed by atoms with Crippen molar-refractivity contribution in [2.24, 2.45) is 28.8 Å². The van der Waals surface area contributed by atoms with Crippen molar-refractivity contribution in [2.75, 3.05) is 6.61 Å². The van der Waals surface area contributed by atoms with Gasteiger partial charge >= 0.3 is 0 Å². The molecule has 0 aromatic heterocycles. The van der Waals surface area contributed by atoms with E-state index in [1.165, 1.54) is 5.57 Å². The van der Waals surface area contributed by atoms with E-state index in [0.717, 1.165) is 25.7 Å². The average molecular weight is 572 g/mol. The number of allylic oxidation sites excluding steroid dienone is 4. The minimum Gasteiger partial charge on any atom is -0.475 e. The highest BCUT2D eigenvalue weighted by molar-refractivity contribution is 5.83. The molecule has 4 heterocycles. The highest BCUT2D eigenvalue weighted by atomic mass is 16.7. The van der Waals surface area contributed by atoms with Gasteiger partial charge in [0.2, 0.25) is 5.90 Å². The Labute approximate surface area is 244 Å². The van der Waals surface area contributed by atoms with Crippen molar-refractivity contribution in [1.29, 1.82) is 0 Å². The molecule has 0 radical (unpaired) electrons. The molecule has 4 aliphatic heterocycles. The van der Waals surface area contributed by atoms with Crippen LogP contribution in [0.5, 0.6) is 0 Å². The van der Waals surface area contributed by atoms with E-state index in [2.05, 4.69) is 51.9 Å². The summed E-state index contributed by atoms with van der Waals surface area (Å²) in [6.45, 7) is 12.9. The number of hydrogen-bond acceptors (Lipinski definition) is 8. The van der Waals surface area contributed by atoms with E-state index in [1.807, 2.05) is 12.2 Å². The smallest absolute Gasteiger partial charge is 0.236 e. The molecule has 8 nitrogen and oxygen atoms in total. The van der Waals surface area contributed by atoms with Crippen molar-refractivity contribution < 1.29 is 34.4 Å². The standard InChI is InChI=1S/C33H49NO7/c1-19(2)29-22(5)12-13-32(41-29)17-26-16-25(40-32)11-10-21(4)14-20(3)8-7-9-24-18-38-30-28(35)23(6)15-27(33(24,30)36)31(34-37)39-26/h7-10,15,19-20,22,25-30,35-37H,11-14,16-18H2,1-6H3/b8-7+,21-10+,24-9+,34-31-/t20-,22-,25+,26-,27-,28+,29+,30+,32+,33+/m0/s1. The van der Waals surface area contributed by atoms with E-state index < -0.39 is 29.5 Å². The van der Waals surface area contributed by atoms with Crippen LogP contribution < -0.4 is 0 Å². The number of hydrogen-bond donors (Lipinski definition) is 3. The van der Waals surface area contributed by atoms with Gasteiger partial charge in [0.15, 0.2) is 5.79 Å². The lowest BCUT2D eigenvalue weighted by atomic mass is 9.70. The molecule has 2 bridgehead atoms. The van der Waals surface area contributed by atoms with Crippen LogP contribution in [-0.2, 0) is 18.9 Å². The van der Waals surface area contributed by atoms with Gasteiger partial charge < -0.3 is 34.4 Å². The van der Waals surface area contributed by atoms with Crippen molar-refractivity contribution in [3.63, 3.8) is 0 Å². The maximum absolute atomic E-state index is 12.2. The Morgan fingerprint density at radius 3 is 2.63 bits per heavy atom. The van der Waals surface area contributed by atoms with Gasteiger partial charge in [-0.2, -0.15) is 0 Å². The SMILES string of the molecule is CC1=C[C@H]2/C(=N/O)O[C@H]3C[C@@H](C/C=C(\C)C[C@@H](C)/C=C/C=C4\CO[C@H]([C@@H]1O)[C@@]42O)O[C@@]1(CC[C@H](C)[C@@H](C(C)C)O1)C3. The zero-order valence-corrected chi connectivity index (χ0v) is 25.5. The van der Waals surface area contributed by atoms with Crippen molar-refractivity contribution in [3.05, 3.63) is 47.1 Å². The minimum atomic E-state index is -1.62. The summed E-state index contributed by atoms with van der Waals surface area (Å²) < 4.78 is 26.1. The summed E-state index contributed by atoms with van der Waals surface area (Å²) in [6, 6.07) is 0. The van der Waals surface area contributed by atoms with Crippen molar-refractivity contribution >= 4 is 5.90 Å². The van der Waals surface area contributed by atoms with Gasteiger partial charge in [-0.15, -0.1) is 0 Å². The molecule has 228 valence electrons. The predicted octanol–water partition coefficient (Wildman–Crippen LogP) is 5.43. The second-order valence-electron chi connectivity index (χ2n) is 13.5. The Morgan fingerprint density at radius 1 is 1.12 bits per heavy atom. The summed E-state index contributed by atoms with van der Waals surface area (Å²) in [5, 5.41) is 37.1. The predicted molar refractivity (Wildman–Crippen MR) is 156 cm³/mol. The van der Waals surface area contributed by atoms with Crippen molar-refractivity contribution in [2.45, 2.75) is 122 Å². The minimum absolute atomic E-state index is 0.0155. The summed E-state index contributed by atoms with van der Waals surface area (Å²) >= 11 is 0. The van der Waals surface area contributed by atoms with E-state index in [4.69, 9.17) is 18.9 Å². The molecule has 1 spiro atoms. The molecule has 5 rings (SSSR count). The maximum atomic E-state index is 12.2. The van der Waals surface area contributed by atoms with Crippen LogP contribution in [0.4, 0.5) is 0 Å². The first-order valence-corrected chi connectivity index (χ1v) is 15.4. The molecule has 0 saturated carbocycles. The van der Waals surface area contributed by atoms with E-state index in [-0.39, 0.29) is 36.7 Å². The van der Waals surface area contributed by atoms with Crippen LogP contribution in [0.3, 0.4) is 0 Å². The second-order valence-corrected chi connectivity index (χ2v) is 13.5. The summed E-state index contributed by atoms with van der Waals surface area (Å²) in [5.74, 6) is -0.527. The number of aliphatic hydroxyl groups excluding tert-OH is 1. The van der Waals surface area contributed by atoms with Gasteiger partial charge in [0.05, 0.1) is 24.7 Å². The van der Waals surface area contributed by atoms with Crippen molar-refractivity contribution in [3.8, 4) is 0 Å². The number of rotatable bonds is 1. The number of oxime groups is 1. The van der Waals surface area contributed by atoms with E-state index in [1.54, 1.807) is 13.0 Å². The monoisotopic (exact) mass is 571 g/mol. The summed E-state index contributed by atoms with van der Waals surface area (Å²) in [7, 11) is 0. The van der Waals surface area contributed by atoms with Crippen LogP contribution in [0.1, 0.15) is 80.1 Å². The zero-order valence-electron chi connectivity index (χ0n) is 25.5. The molecule has 3 N–H and O–H groups in total. The van der Waals surface area contributed by atoms with Crippen LogP contribution in [0.25, 0.3) is 0 Å². The molecule has 1 aliphatic carbocycles. The third-order valence-electron chi connectivity index (χ3n) is 9.78. The van der Waals surface area contributed by atoms with Gasteiger partial charge in [-0.25, -0.2) is 0 Å². The fourth-order valence-electron chi connectivity index (χ4n) is 7.59. The molecule has 0 unspecified atom stereocenters. The molecular formula is C33H49NO7. The van der Waals surface area contributed by atoms with Crippen LogP contribution in [-0.4, -0.2) is 69.8 Å². The molecule has 3 fully saturated rings. The van der Waals surface area contributed by atoms with Crippen LogP contribution in [0.2, 0.25) is 0 Å². The molecule has 0 amide bonds. The van der Waals surface area contributed by atoms with Gasteiger partial charge in [0.25, 0.3) is 0 Å². The molecule has 41 heavy (non-hydrogen) atoms. The van der Waals surface area contributed by atoms with E-state index >= 15 is 0 Å². The Kier molecular flexibility index (Phi) is 8.89. The molecule has 8 heteroatoms. The quantitative estimate of drug-likeness (QED) is 0.219. The average Bonchev–Trinajstić information content (AvgIpc) is 3.26. The maximum Gasteiger partial charge on any atom is 0.236 e. The second kappa shape index (κ2) is 12.0.